The number of hydrogen-bond donors (Lipinski definition) is 1. The first-order chi connectivity index (χ1) is 9.90. The molecule has 1 aromatic carbocycles. The van der Waals surface area contributed by atoms with Crippen molar-refractivity contribution in [2.24, 2.45) is 0 Å². The van der Waals surface area contributed by atoms with Crippen LogP contribution in [-0.4, -0.2) is 41.1 Å². The van der Waals surface area contributed by atoms with Crippen LogP contribution < -0.4 is 4.90 Å². The minimum Gasteiger partial charge on any atom is -0.465 e. The summed E-state index contributed by atoms with van der Waals surface area (Å²) in [6, 6.07) is 5.89. The van der Waals surface area contributed by atoms with E-state index in [9.17, 15) is 9.59 Å². The van der Waals surface area contributed by atoms with E-state index >= 15 is 0 Å². The van der Waals surface area contributed by atoms with Gasteiger partial charge in [-0.3, -0.25) is 4.79 Å². The Bertz CT molecular complexity index is 554. The van der Waals surface area contributed by atoms with Crippen LogP contribution >= 0.6 is 15.9 Å². The Kier molecular flexibility index (Phi) is 4.88. The maximum atomic E-state index is 12.0. The zero-order valence-corrected chi connectivity index (χ0v) is 13.8. The molecule has 21 heavy (non-hydrogen) atoms. The third kappa shape index (κ3) is 3.56. The Hall–Kier alpha value is -1.56. The predicted octanol–water partition coefficient (Wildman–Crippen LogP) is 3.25. The average molecular weight is 355 g/mol. The molecule has 2 amide bonds. The first kappa shape index (κ1) is 15.8. The second kappa shape index (κ2) is 6.47. The lowest BCUT2D eigenvalue weighted by Gasteiger charge is -2.37. The second-order valence-electron chi connectivity index (χ2n) is 5.32. The number of anilines is 1. The number of likely N-dealkylation sites (tertiary alicyclic amines) is 1. The Balaban J connectivity index is 2.18. The van der Waals surface area contributed by atoms with Crippen molar-refractivity contribution in [3.63, 3.8) is 0 Å². The number of halogens is 1. The number of carboxylic acid groups (broad SMARTS) is 1. The van der Waals surface area contributed by atoms with Gasteiger partial charge in [0.05, 0.1) is 0 Å². The van der Waals surface area contributed by atoms with Gasteiger partial charge in [0.1, 0.15) is 0 Å². The fourth-order valence-electron chi connectivity index (χ4n) is 2.74. The summed E-state index contributed by atoms with van der Waals surface area (Å²) in [7, 11) is 0. The average Bonchev–Trinajstić information content (AvgIpc) is 2.43. The van der Waals surface area contributed by atoms with E-state index in [4.69, 9.17) is 5.11 Å². The molecule has 0 bridgehead atoms. The highest BCUT2D eigenvalue weighted by molar-refractivity contribution is 9.10. The van der Waals surface area contributed by atoms with Crippen molar-refractivity contribution in [1.82, 2.24) is 4.90 Å². The van der Waals surface area contributed by atoms with Crippen LogP contribution in [0.3, 0.4) is 0 Å². The van der Waals surface area contributed by atoms with Crippen LogP contribution in [0.4, 0.5) is 10.5 Å². The monoisotopic (exact) mass is 354 g/mol. The van der Waals surface area contributed by atoms with Crippen LogP contribution in [0.15, 0.2) is 22.7 Å². The topological polar surface area (TPSA) is 60.9 Å². The summed E-state index contributed by atoms with van der Waals surface area (Å²) in [5, 5.41) is 9.00. The number of rotatable bonds is 2. The Morgan fingerprint density at radius 3 is 2.43 bits per heavy atom. The fraction of sp³-hybridized carbons (Fsp3) is 0.467. The second-order valence-corrected chi connectivity index (χ2v) is 6.18. The summed E-state index contributed by atoms with van der Waals surface area (Å²) in [5.41, 5.74) is 1.94. The number of hydrogen-bond acceptors (Lipinski definition) is 2. The number of nitrogens with zero attached hydrogens (tertiary/aromatic N) is 2. The number of carbonyl (C=O) groups is 2. The van der Waals surface area contributed by atoms with Crippen LogP contribution in [0.25, 0.3) is 0 Å². The predicted molar refractivity (Wildman–Crippen MR) is 84.7 cm³/mol. The standard InChI is InChI=1S/C15H19BrN2O3/c1-10-9-13(3-4-14(10)16)18(11(2)19)12-5-7-17(8-6-12)15(20)21/h3-4,9,12H,5-8H2,1-2H3,(H,20,21). The van der Waals surface area contributed by atoms with E-state index in [2.05, 4.69) is 15.9 Å². The SMILES string of the molecule is CC(=O)N(c1ccc(Br)c(C)c1)C1CCN(C(=O)O)CC1. The van der Waals surface area contributed by atoms with Crippen molar-refractivity contribution in [3.05, 3.63) is 28.2 Å². The maximum Gasteiger partial charge on any atom is 0.407 e. The van der Waals surface area contributed by atoms with Gasteiger partial charge in [0, 0.05) is 36.2 Å². The van der Waals surface area contributed by atoms with Gasteiger partial charge in [-0.2, -0.15) is 0 Å². The van der Waals surface area contributed by atoms with E-state index in [1.807, 2.05) is 25.1 Å². The molecular formula is C15H19BrN2O3. The molecule has 0 unspecified atom stereocenters. The molecule has 1 aliphatic heterocycles. The summed E-state index contributed by atoms with van der Waals surface area (Å²) in [6.07, 6.45) is 0.449. The lowest BCUT2D eigenvalue weighted by Crippen LogP contribution is -2.48. The largest absolute Gasteiger partial charge is 0.465 e. The quantitative estimate of drug-likeness (QED) is 0.886. The number of amides is 2. The van der Waals surface area contributed by atoms with Gasteiger partial charge in [0.25, 0.3) is 0 Å². The molecule has 5 nitrogen and oxygen atoms in total. The lowest BCUT2D eigenvalue weighted by molar-refractivity contribution is -0.117. The molecule has 1 heterocycles. The molecule has 0 saturated carbocycles. The Morgan fingerprint density at radius 1 is 1.33 bits per heavy atom. The summed E-state index contributed by atoms with van der Waals surface area (Å²) in [4.78, 5) is 26.2. The zero-order chi connectivity index (χ0) is 15.6. The van der Waals surface area contributed by atoms with Crippen LogP contribution in [0, 0.1) is 6.92 Å². The van der Waals surface area contributed by atoms with Crippen molar-refractivity contribution < 1.29 is 14.7 Å². The summed E-state index contributed by atoms with van der Waals surface area (Å²) in [5.74, 6) is -0.00880. The summed E-state index contributed by atoms with van der Waals surface area (Å²) in [6.45, 7) is 4.48. The molecule has 6 heteroatoms. The minimum atomic E-state index is -0.887. The van der Waals surface area contributed by atoms with Gasteiger partial charge in [-0.15, -0.1) is 0 Å². The molecule has 1 N–H and O–H groups in total. The molecule has 1 aromatic rings. The number of piperidine rings is 1. The molecule has 0 aromatic heterocycles. The van der Waals surface area contributed by atoms with Crippen LogP contribution in [0.5, 0.6) is 0 Å². The molecule has 0 aliphatic carbocycles. The smallest absolute Gasteiger partial charge is 0.407 e. The molecule has 0 radical (unpaired) electrons. The molecule has 114 valence electrons. The van der Waals surface area contributed by atoms with Crippen molar-refractivity contribution in [2.75, 3.05) is 18.0 Å². The van der Waals surface area contributed by atoms with Gasteiger partial charge < -0.3 is 14.9 Å². The van der Waals surface area contributed by atoms with E-state index in [1.165, 1.54) is 4.90 Å². The Labute approximate surface area is 132 Å². The zero-order valence-electron chi connectivity index (χ0n) is 12.2. The number of carbonyl (C=O) groups excluding carboxylic acids is 1. The lowest BCUT2D eigenvalue weighted by atomic mass is 10.0. The van der Waals surface area contributed by atoms with Crippen LogP contribution in [0.2, 0.25) is 0 Å². The van der Waals surface area contributed by atoms with Gasteiger partial charge in [-0.05, 0) is 43.5 Å². The molecule has 1 saturated heterocycles. The van der Waals surface area contributed by atoms with E-state index in [0.29, 0.717) is 25.9 Å². The number of benzene rings is 1. The third-order valence-electron chi connectivity index (χ3n) is 3.86. The van der Waals surface area contributed by atoms with Crippen molar-refractivity contribution in [1.29, 1.82) is 0 Å². The first-order valence-corrected chi connectivity index (χ1v) is 7.73. The highest BCUT2D eigenvalue weighted by atomic mass is 79.9. The highest BCUT2D eigenvalue weighted by Gasteiger charge is 2.29. The van der Waals surface area contributed by atoms with Gasteiger partial charge in [-0.25, -0.2) is 4.79 Å². The molecule has 0 atom stereocenters. The van der Waals surface area contributed by atoms with Crippen molar-refractivity contribution in [2.45, 2.75) is 32.7 Å². The number of aryl methyl sites for hydroxylation is 1. The van der Waals surface area contributed by atoms with Gasteiger partial charge in [0.15, 0.2) is 0 Å². The maximum absolute atomic E-state index is 12.0. The fourth-order valence-corrected chi connectivity index (χ4v) is 2.99. The van der Waals surface area contributed by atoms with E-state index in [0.717, 1.165) is 15.7 Å². The molecular weight excluding hydrogens is 336 g/mol. The van der Waals surface area contributed by atoms with E-state index in [1.54, 1.807) is 11.8 Å². The molecule has 2 rings (SSSR count). The molecule has 1 aliphatic rings. The van der Waals surface area contributed by atoms with E-state index in [-0.39, 0.29) is 11.9 Å². The Morgan fingerprint density at radius 2 is 1.95 bits per heavy atom. The van der Waals surface area contributed by atoms with Crippen molar-refractivity contribution >= 4 is 33.6 Å². The van der Waals surface area contributed by atoms with Crippen LogP contribution in [0.1, 0.15) is 25.3 Å². The van der Waals surface area contributed by atoms with Gasteiger partial charge in [0.2, 0.25) is 5.91 Å². The van der Waals surface area contributed by atoms with Gasteiger partial charge in [-0.1, -0.05) is 15.9 Å². The summed E-state index contributed by atoms with van der Waals surface area (Å²) >= 11 is 3.46. The first-order valence-electron chi connectivity index (χ1n) is 6.94. The third-order valence-corrected chi connectivity index (χ3v) is 4.75. The normalized spacial score (nSPS) is 15.9. The highest BCUT2D eigenvalue weighted by Crippen LogP contribution is 2.27. The molecule has 0 spiro atoms. The van der Waals surface area contributed by atoms with E-state index < -0.39 is 6.09 Å². The summed E-state index contributed by atoms with van der Waals surface area (Å²) < 4.78 is 1.01. The van der Waals surface area contributed by atoms with Crippen molar-refractivity contribution in [3.8, 4) is 0 Å². The molecule has 1 fully saturated rings. The van der Waals surface area contributed by atoms with Gasteiger partial charge >= 0.3 is 6.09 Å². The van der Waals surface area contributed by atoms with Crippen LogP contribution in [-0.2, 0) is 4.79 Å². The minimum absolute atomic E-state index is 0.00880.